The summed E-state index contributed by atoms with van der Waals surface area (Å²) in [7, 11) is 3.90. The van der Waals surface area contributed by atoms with Gasteiger partial charge in [0.05, 0.1) is 5.69 Å². The fraction of sp³-hybridized carbons (Fsp3) is 0.133. The van der Waals surface area contributed by atoms with E-state index in [0.29, 0.717) is 0 Å². The van der Waals surface area contributed by atoms with Crippen LogP contribution < -0.4 is 10.2 Å². The normalized spacial score (nSPS) is 10.4. The van der Waals surface area contributed by atoms with Gasteiger partial charge in [-0.15, -0.1) is 0 Å². The number of aromatic nitrogens is 4. The third-order valence-electron chi connectivity index (χ3n) is 3.08. The summed E-state index contributed by atoms with van der Waals surface area (Å²) in [5, 5.41) is 10.2. The minimum atomic E-state index is 0.767. The smallest absolute Gasteiger partial charge is 0.135 e. The van der Waals surface area contributed by atoms with Crippen molar-refractivity contribution in [3.63, 3.8) is 0 Å². The highest BCUT2D eigenvalue weighted by molar-refractivity contribution is 5.65. The molecular formula is C15H16N6. The average Bonchev–Trinajstić information content (AvgIpc) is 3.02. The molecule has 2 heterocycles. The minimum Gasteiger partial charge on any atom is -0.363 e. The van der Waals surface area contributed by atoms with E-state index in [2.05, 4.69) is 25.5 Å². The highest BCUT2D eigenvalue weighted by Gasteiger charge is 2.02. The molecule has 0 fully saturated rings. The van der Waals surface area contributed by atoms with Crippen molar-refractivity contribution in [1.82, 2.24) is 20.2 Å². The molecule has 6 nitrogen and oxygen atoms in total. The lowest BCUT2D eigenvalue weighted by Crippen LogP contribution is -2.11. The number of H-pyrrole nitrogens is 1. The fourth-order valence-corrected chi connectivity index (χ4v) is 1.96. The largest absolute Gasteiger partial charge is 0.363 e. The minimum absolute atomic E-state index is 0.767. The molecule has 0 aliphatic rings. The van der Waals surface area contributed by atoms with Gasteiger partial charge < -0.3 is 10.2 Å². The van der Waals surface area contributed by atoms with Crippen LogP contribution in [0.3, 0.4) is 0 Å². The first-order chi connectivity index (χ1) is 10.2. The molecule has 106 valence electrons. The fourth-order valence-electron chi connectivity index (χ4n) is 1.96. The van der Waals surface area contributed by atoms with Gasteiger partial charge in [-0.3, -0.25) is 5.10 Å². The zero-order valence-electron chi connectivity index (χ0n) is 11.9. The number of benzene rings is 1. The average molecular weight is 280 g/mol. The lowest BCUT2D eigenvalue weighted by atomic mass is 10.1. The van der Waals surface area contributed by atoms with Crippen molar-refractivity contribution in [3.05, 3.63) is 48.9 Å². The topological polar surface area (TPSA) is 69.7 Å². The first kappa shape index (κ1) is 13.1. The Hall–Kier alpha value is -2.89. The molecule has 0 unspecified atom stereocenters. The quantitative estimate of drug-likeness (QED) is 0.769. The Morgan fingerprint density at radius 2 is 1.86 bits per heavy atom. The van der Waals surface area contributed by atoms with Crippen LogP contribution in [0, 0.1) is 0 Å². The van der Waals surface area contributed by atoms with Gasteiger partial charge >= 0.3 is 0 Å². The van der Waals surface area contributed by atoms with Gasteiger partial charge in [0.15, 0.2) is 0 Å². The summed E-state index contributed by atoms with van der Waals surface area (Å²) in [5.41, 5.74) is 3.06. The van der Waals surface area contributed by atoms with Crippen molar-refractivity contribution in [1.29, 1.82) is 0 Å². The number of hydrogen-bond donors (Lipinski definition) is 2. The second-order valence-electron chi connectivity index (χ2n) is 4.83. The van der Waals surface area contributed by atoms with Crippen LogP contribution in [0.25, 0.3) is 11.3 Å². The molecule has 0 aliphatic heterocycles. The van der Waals surface area contributed by atoms with E-state index >= 15 is 0 Å². The van der Waals surface area contributed by atoms with E-state index < -0.39 is 0 Å². The van der Waals surface area contributed by atoms with Crippen LogP contribution in [0.2, 0.25) is 0 Å². The maximum Gasteiger partial charge on any atom is 0.135 e. The van der Waals surface area contributed by atoms with Crippen molar-refractivity contribution in [2.75, 3.05) is 24.3 Å². The SMILES string of the molecule is CN(C)c1cc(Nc2ccc(-c3ccn[nH]3)cc2)ncn1. The van der Waals surface area contributed by atoms with E-state index in [4.69, 9.17) is 0 Å². The highest BCUT2D eigenvalue weighted by Crippen LogP contribution is 2.21. The molecule has 2 aromatic heterocycles. The molecule has 0 bridgehead atoms. The molecule has 2 N–H and O–H groups in total. The van der Waals surface area contributed by atoms with Crippen LogP contribution in [0.1, 0.15) is 0 Å². The van der Waals surface area contributed by atoms with Gasteiger partial charge in [0, 0.05) is 32.0 Å². The number of anilines is 3. The summed E-state index contributed by atoms with van der Waals surface area (Å²) in [5.74, 6) is 1.63. The molecule has 6 heteroatoms. The monoisotopic (exact) mass is 280 g/mol. The summed E-state index contributed by atoms with van der Waals surface area (Å²) in [6.07, 6.45) is 3.29. The van der Waals surface area contributed by atoms with Crippen molar-refractivity contribution in [2.24, 2.45) is 0 Å². The molecule has 0 amide bonds. The van der Waals surface area contributed by atoms with Crippen LogP contribution in [0.5, 0.6) is 0 Å². The molecule has 1 aromatic carbocycles. The molecule has 0 atom stereocenters. The second-order valence-corrected chi connectivity index (χ2v) is 4.83. The summed E-state index contributed by atoms with van der Waals surface area (Å²) < 4.78 is 0. The number of nitrogens with zero attached hydrogens (tertiary/aromatic N) is 4. The Morgan fingerprint density at radius 3 is 2.52 bits per heavy atom. The van der Waals surface area contributed by atoms with Crippen molar-refractivity contribution >= 4 is 17.3 Å². The van der Waals surface area contributed by atoms with Crippen LogP contribution in [-0.2, 0) is 0 Å². The van der Waals surface area contributed by atoms with E-state index in [0.717, 1.165) is 28.6 Å². The lowest BCUT2D eigenvalue weighted by Gasteiger charge is -2.12. The summed E-state index contributed by atoms with van der Waals surface area (Å²) in [4.78, 5) is 10.4. The zero-order chi connectivity index (χ0) is 14.7. The summed E-state index contributed by atoms with van der Waals surface area (Å²) in [6.45, 7) is 0. The molecule has 0 aliphatic carbocycles. The molecule has 0 saturated carbocycles. The van der Waals surface area contributed by atoms with Crippen molar-refractivity contribution in [3.8, 4) is 11.3 Å². The maximum absolute atomic E-state index is 4.22. The van der Waals surface area contributed by atoms with E-state index in [9.17, 15) is 0 Å². The second kappa shape index (κ2) is 5.62. The maximum atomic E-state index is 4.22. The third kappa shape index (κ3) is 3.00. The standard InChI is InChI=1S/C15H16N6/c1-21(2)15-9-14(16-10-17-15)19-12-5-3-11(4-6-12)13-7-8-18-20-13/h3-10H,1-2H3,(H,18,20)(H,16,17,19). The van der Waals surface area contributed by atoms with Gasteiger partial charge in [-0.25, -0.2) is 9.97 Å². The predicted octanol–water partition coefficient (Wildman–Crippen LogP) is 2.68. The molecule has 21 heavy (non-hydrogen) atoms. The van der Waals surface area contributed by atoms with Crippen LogP contribution in [-0.4, -0.2) is 34.3 Å². The zero-order valence-corrected chi connectivity index (χ0v) is 11.9. The number of nitrogens with one attached hydrogen (secondary N) is 2. The van der Waals surface area contributed by atoms with Gasteiger partial charge in [0.1, 0.15) is 18.0 Å². The summed E-state index contributed by atoms with van der Waals surface area (Å²) in [6, 6.07) is 11.9. The Morgan fingerprint density at radius 1 is 1.05 bits per heavy atom. The van der Waals surface area contributed by atoms with Gasteiger partial charge in [0.25, 0.3) is 0 Å². The number of hydrogen-bond acceptors (Lipinski definition) is 5. The van der Waals surface area contributed by atoms with Gasteiger partial charge in [-0.05, 0) is 23.8 Å². The first-order valence-corrected chi connectivity index (χ1v) is 6.58. The van der Waals surface area contributed by atoms with Crippen molar-refractivity contribution < 1.29 is 0 Å². The van der Waals surface area contributed by atoms with Gasteiger partial charge in [-0.2, -0.15) is 5.10 Å². The van der Waals surface area contributed by atoms with E-state index in [1.165, 1.54) is 0 Å². The Labute approximate surface area is 122 Å². The van der Waals surface area contributed by atoms with Crippen LogP contribution in [0.15, 0.2) is 48.9 Å². The Balaban J connectivity index is 1.78. The molecule has 0 saturated heterocycles. The van der Waals surface area contributed by atoms with Gasteiger partial charge in [0.2, 0.25) is 0 Å². The van der Waals surface area contributed by atoms with Crippen LogP contribution in [0.4, 0.5) is 17.3 Å². The molecule has 0 spiro atoms. The Kier molecular flexibility index (Phi) is 3.51. The van der Waals surface area contributed by atoms with Crippen LogP contribution >= 0.6 is 0 Å². The third-order valence-corrected chi connectivity index (χ3v) is 3.08. The van der Waals surface area contributed by atoms with Gasteiger partial charge in [-0.1, -0.05) is 12.1 Å². The Bertz CT molecular complexity index is 703. The first-order valence-electron chi connectivity index (χ1n) is 6.58. The van der Waals surface area contributed by atoms with E-state index in [1.807, 2.05) is 55.4 Å². The van der Waals surface area contributed by atoms with Crippen molar-refractivity contribution in [2.45, 2.75) is 0 Å². The van der Waals surface area contributed by atoms with E-state index in [1.54, 1.807) is 12.5 Å². The highest BCUT2D eigenvalue weighted by atomic mass is 15.2. The molecule has 3 rings (SSSR count). The predicted molar refractivity (Wildman–Crippen MR) is 83.7 cm³/mol. The van der Waals surface area contributed by atoms with E-state index in [-0.39, 0.29) is 0 Å². The molecule has 3 aromatic rings. The summed E-state index contributed by atoms with van der Waals surface area (Å²) >= 11 is 0. The number of aromatic amines is 1. The lowest BCUT2D eigenvalue weighted by molar-refractivity contribution is 1.04. The molecule has 0 radical (unpaired) electrons. The number of rotatable bonds is 4. The molecular weight excluding hydrogens is 264 g/mol.